The minimum absolute atomic E-state index is 0.178. The van der Waals surface area contributed by atoms with Crippen molar-refractivity contribution in [1.29, 1.82) is 5.26 Å². The molecule has 0 unspecified atom stereocenters. The van der Waals surface area contributed by atoms with Crippen molar-refractivity contribution >= 4 is 27.4 Å². The summed E-state index contributed by atoms with van der Waals surface area (Å²) >= 11 is 1.37. The summed E-state index contributed by atoms with van der Waals surface area (Å²) in [4.78, 5) is 0.178. The molecule has 0 N–H and O–H groups in total. The summed E-state index contributed by atoms with van der Waals surface area (Å²) < 4.78 is 27.0. The summed E-state index contributed by atoms with van der Waals surface area (Å²) in [5.41, 5.74) is 0.571. The van der Waals surface area contributed by atoms with Crippen molar-refractivity contribution in [3.05, 3.63) is 18.3 Å². The van der Waals surface area contributed by atoms with Gasteiger partial charge in [-0.15, -0.1) is 10.2 Å². The van der Waals surface area contributed by atoms with E-state index in [1.807, 2.05) is 6.07 Å². The third kappa shape index (κ3) is 2.77. The Kier molecular flexibility index (Phi) is 4.27. The molecule has 0 aromatic carbocycles. The van der Waals surface area contributed by atoms with E-state index in [1.54, 1.807) is 10.5 Å². The number of hydrogen-bond donors (Lipinski definition) is 0. The monoisotopic (exact) mass is 311 g/mol. The van der Waals surface area contributed by atoms with Crippen LogP contribution in [0.4, 0.5) is 0 Å². The van der Waals surface area contributed by atoms with Crippen molar-refractivity contribution in [3.8, 4) is 6.07 Å². The molecule has 2 aromatic rings. The van der Waals surface area contributed by atoms with Gasteiger partial charge in [0, 0.05) is 32.5 Å². The van der Waals surface area contributed by atoms with Crippen LogP contribution in [0.1, 0.15) is 6.42 Å². The molecule has 0 aliphatic rings. The summed E-state index contributed by atoms with van der Waals surface area (Å²) in [5, 5.41) is 17.1. The van der Waals surface area contributed by atoms with E-state index < -0.39 is 10.0 Å². The van der Waals surface area contributed by atoms with Crippen LogP contribution in [0.15, 0.2) is 28.4 Å². The van der Waals surface area contributed by atoms with Gasteiger partial charge in [0.15, 0.2) is 10.8 Å². The molecule has 0 aliphatic heterocycles. The third-order valence-corrected chi connectivity index (χ3v) is 5.31. The maximum atomic E-state index is 12.1. The van der Waals surface area contributed by atoms with Crippen molar-refractivity contribution in [3.63, 3.8) is 0 Å². The van der Waals surface area contributed by atoms with Crippen molar-refractivity contribution in [1.82, 2.24) is 18.9 Å². The van der Waals surface area contributed by atoms with E-state index >= 15 is 0 Å². The molecule has 7 nitrogen and oxygen atoms in total. The smallest absolute Gasteiger partial charge is 0.244 e. The number of fused-ring (bicyclic) bond motifs is 1. The van der Waals surface area contributed by atoms with Gasteiger partial charge in [0.2, 0.25) is 10.0 Å². The second-order valence-corrected chi connectivity index (χ2v) is 7.33. The second-order valence-electron chi connectivity index (χ2n) is 4.12. The average Bonchev–Trinajstić information content (AvgIpc) is 2.81. The standard InChI is InChI=1S/C11H13N5O2S2/c1-15(2)20(17,18)9-4-5-10-13-14-11(16(10)8-9)19-7-3-6-12/h4-5,8H,3,7H2,1-2H3. The van der Waals surface area contributed by atoms with Gasteiger partial charge < -0.3 is 0 Å². The fraction of sp³-hybridized carbons (Fsp3) is 0.364. The number of rotatable bonds is 5. The molecule has 106 valence electrons. The van der Waals surface area contributed by atoms with Gasteiger partial charge in [0.25, 0.3) is 0 Å². The van der Waals surface area contributed by atoms with Crippen molar-refractivity contribution in [2.75, 3.05) is 19.8 Å². The predicted molar refractivity (Wildman–Crippen MR) is 74.8 cm³/mol. The second kappa shape index (κ2) is 5.78. The highest BCUT2D eigenvalue weighted by molar-refractivity contribution is 7.99. The highest BCUT2D eigenvalue weighted by Crippen LogP contribution is 2.20. The fourth-order valence-corrected chi connectivity index (χ4v) is 3.16. The number of nitrogens with zero attached hydrogens (tertiary/aromatic N) is 5. The first-order chi connectivity index (χ1) is 9.46. The molecule has 0 radical (unpaired) electrons. The van der Waals surface area contributed by atoms with Crippen molar-refractivity contribution in [2.24, 2.45) is 0 Å². The maximum Gasteiger partial charge on any atom is 0.244 e. The molecule has 0 atom stereocenters. The lowest BCUT2D eigenvalue weighted by atomic mass is 10.5. The lowest BCUT2D eigenvalue weighted by Gasteiger charge is -2.11. The molecule has 2 heterocycles. The molecular formula is C11H13N5O2S2. The molecule has 0 amide bonds. The molecular weight excluding hydrogens is 298 g/mol. The van der Waals surface area contributed by atoms with Crippen LogP contribution in [0.25, 0.3) is 5.65 Å². The number of aromatic nitrogens is 3. The zero-order valence-corrected chi connectivity index (χ0v) is 12.6. The van der Waals surface area contributed by atoms with Crippen LogP contribution in [-0.4, -0.2) is 47.2 Å². The topological polar surface area (TPSA) is 91.4 Å². The van der Waals surface area contributed by atoms with E-state index in [0.29, 0.717) is 23.0 Å². The van der Waals surface area contributed by atoms with Gasteiger partial charge in [0.1, 0.15) is 0 Å². The van der Waals surface area contributed by atoms with E-state index in [0.717, 1.165) is 4.31 Å². The van der Waals surface area contributed by atoms with Gasteiger partial charge in [-0.3, -0.25) is 4.40 Å². The van der Waals surface area contributed by atoms with Crippen molar-refractivity contribution < 1.29 is 8.42 Å². The van der Waals surface area contributed by atoms with Gasteiger partial charge >= 0.3 is 0 Å². The van der Waals surface area contributed by atoms with E-state index in [1.165, 1.54) is 38.1 Å². The number of hydrogen-bond acceptors (Lipinski definition) is 6. The SMILES string of the molecule is CN(C)S(=O)(=O)c1ccc2nnc(SCCC#N)n2c1. The first kappa shape index (κ1) is 14.8. The Morgan fingerprint density at radius 2 is 2.15 bits per heavy atom. The molecule has 0 aliphatic carbocycles. The average molecular weight is 311 g/mol. The Balaban J connectivity index is 2.42. The summed E-state index contributed by atoms with van der Waals surface area (Å²) in [7, 11) is -0.532. The first-order valence-electron chi connectivity index (χ1n) is 5.74. The van der Waals surface area contributed by atoms with Gasteiger partial charge in [0.05, 0.1) is 11.0 Å². The van der Waals surface area contributed by atoms with Crippen LogP contribution in [0.2, 0.25) is 0 Å². The zero-order chi connectivity index (χ0) is 14.8. The Morgan fingerprint density at radius 1 is 1.40 bits per heavy atom. The lowest BCUT2D eigenvalue weighted by molar-refractivity contribution is 0.520. The van der Waals surface area contributed by atoms with E-state index in [4.69, 9.17) is 5.26 Å². The fourth-order valence-electron chi connectivity index (χ4n) is 1.50. The number of thioether (sulfide) groups is 1. The normalized spacial score (nSPS) is 11.9. The maximum absolute atomic E-state index is 12.1. The Bertz CT molecular complexity index is 761. The van der Waals surface area contributed by atoms with Crippen LogP contribution in [0, 0.1) is 11.3 Å². The van der Waals surface area contributed by atoms with Gasteiger partial charge in [-0.05, 0) is 12.1 Å². The summed E-state index contributed by atoms with van der Waals surface area (Å²) in [5.74, 6) is 0.585. The molecule has 0 fully saturated rings. The quantitative estimate of drug-likeness (QED) is 0.604. The highest BCUT2D eigenvalue weighted by atomic mass is 32.2. The molecule has 0 bridgehead atoms. The van der Waals surface area contributed by atoms with Gasteiger partial charge in [-0.25, -0.2) is 12.7 Å². The molecule has 2 rings (SSSR count). The first-order valence-corrected chi connectivity index (χ1v) is 8.16. The third-order valence-electron chi connectivity index (χ3n) is 2.57. The van der Waals surface area contributed by atoms with Crippen LogP contribution in [-0.2, 0) is 10.0 Å². The molecule has 2 aromatic heterocycles. The zero-order valence-electron chi connectivity index (χ0n) is 11.0. The van der Waals surface area contributed by atoms with Crippen molar-refractivity contribution in [2.45, 2.75) is 16.5 Å². The molecule has 0 spiro atoms. The Labute approximate surface area is 121 Å². The minimum atomic E-state index is -3.49. The van der Waals surface area contributed by atoms with Crippen LogP contribution in [0.5, 0.6) is 0 Å². The molecule has 9 heteroatoms. The van der Waals surface area contributed by atoms with Gasteiger partial charge in [-0.1, -0.05) is 11.8 Å². The van der Waals surface area contributed by atoms with Crippen LogP contribution in [0.3, 0.4) is 0 Å². The summed E-state index contributed by atoms with van der Waals surface area (Å²) in [6.07, 6.45) is 1.90. The number of nitriles is 1. The molecule has 0 saturated heterocycles. The van der Waals surface area contributed by atoms with E-state index in [-0.39, 0.29) is 4.90 Å². The summed E-state index contributed by atoms with van der Waals surface area (Å²) in [6, 6.07) is 5.16. The number of sulfonamides is 1. The Hall–Kier alpha value is -1.63. The lowest BCUT2D eigenvalue weighted by Crippen LogP contribution is -2.22. The highest BCUT2D eigenvalue weighted by Gasteiger charge is 2.18. The Morgan fingerprint density at radius 3 is 2.80 bits per heavy atom. The minimum Gasteiger partial charge on any atom is -0.276 e. The summed E-state index contributed by atoms with van der Waals surface area (Å²) in [6.45, 7) is 0. The predicted octanol–water partition coefficient (Wildman–Crippen LogP) is 0.985. The van der Waals surface area contributed by atoms with Crippen LogP contribution < -0.4 is 0 Å². The van der Waals surface area contributed by atoms with E-state index in [2.05, 4.69) is 10.2 Å². The molecule has 0 saturated carbocycles. The van der Waals surface area contributed by atoms with E-state index in [9.17, 15) is 8.42 Å². The number of pyridine rings is 1. The van der Waals surface area contributed by atoms with Crippen LogP contribution >= 0.6 is 11.8 Å². The largest absolute Gasteiger partial charge is 0.276 e. The molecule has 20 heavy (non-hydrogen) atoms. The van der Waals surface area contributed by atoms with Gasteiger partial charge in [-0.2, -0.15) is 5.26 Å².